The quantitative estimate of drug-likeness (QED) is 0.695. The summed E-state index contributed by atoms with van der Waals surface area (Å²) in [5.74, 6) is 0.227. The third-order valence-electron chi connectivity index (χ3n) is 1.30. The van der Waals surface area contributed by atoms with E-state index in [0.29, 0.717) is 0 Å². The number of carbonyl (C=O) groups is 1. The normalized spacial score (nSPS) is 10.3. The Kier molecular flexibility index (Phi) is 11.7. The van der Waals surface area contributed by atoms with Crippen molar-refractivity contribution < 1.29 is 42.3 Å². The van der Waals surface area contributed by atoms with Gasteiger partial charge >= 0.3 is 0 Å². The fourth-order valence-corrected chi connectivity index (χ4v) is 0.610. The Morgan fingerprint density at radius 3 is 1.40 bits per heavy atom. The molecule has 0 spiro atoms. The summed E-state index contributed by atoms with van der Waals surface area (Å²) >= 11 is 0. The maximum absolute atomic E-state index is 11.4. The average molecular weight is 287 g/mol. The molecule has 0 rings (SSSR count). The van der Waals surface area contributed by atoms with Crippen LogP contribution in [0.3, 0.4) is 0 Å². The van der Waals surface area contributed by atoms with E-state index in [9.17, 15) is 4.79 Å². The first-order chi connectivity index (χ1) is 6.04. The molecule has 1 radical (unpaired) electrons. The fourth-order valence-electron chi connectivity index (χ4n) is 0.610. The molecule has 0 saturated carbocycles. The van der Waals surface area contributed by atoms with Gasteiger partial charge in [-0.1, -0.05) is 41.5 Å². The van der Waals surface area contributed by atoms with Crippen molar-refractivity contribution in [3.05, 3.63) is 6.42 Å². The Morgan fingerprint density at radius 1 is 1.07 bits per heavy atom. The van der Waals surface area contributed by atoms with Crippen molar-refractivity contribution in [3.63, 3.8) is 0 Å². The molecule has 15 heavy (non-hydrogen) atoms. The number of carbonyl (C=O) groups excluding carboxylic acids is 2. The predicted molar refractivity (Wildman–Crippen MR) is 59.6 cm³/mol. The predicted octanol–water partition coefficient (Wildman–Crippen LogP) is 2.97. The second-order valence-electron chi connectivity index (χ2n) is 5.33. The van der Waals surface area contributed by atoms with Gasteiger partial charge in [0.05, 0.1) is 0 Å². The van der Waals surface area contributed by atoms with E-state index in [1.54, 1.807) is 6.42 Å². The summed E-state index contributed by atoms with van der Waals surface area (Å²) in [7, 11) is 0. The third kappa shape index (κ3) is 17.0. The molecule has 0 aliphatic heterocycles. The summed E-state index contributed by atoms with van der Waals surface area (Å²) < 4.78 is 0. The van der Waals surface area contributed by atoms with Crippen LogP contribution < -0.4 is 0 Å². The largest absolute Gasteiger partial charge is 0.542 e. The number of Topliss-reactive ketones (excluding diaryl/α,β-unsaturated/α-hetero) is 1. The number of hydrogen-bond donors (Lipinski definition) is 0. The van der Waals surface area contributed by atoms with Gasteiger partial charge in [0.25, 0.3) is 0 Å². The third-order valence-corrected chi connectivity index (χ3v) is 1.30. The summed E-state index contributed by atoms with van der Waals surface area (Å²) in [6.07, 6.45) is 3.30. The van der Waals surface area contributed by atoms with Crippen LogP contribution in [0, 0.1) is 17.3 Å². The molecule has 0 aliphatic carbocycles. The summed E-state index contributed by atoms with van der Waals surface area (Å²) in [5, 5.41) is 0. The van der Waals surface area contributed by atoms with Crippen molar-refractivity contribution >= 4 is 12.1 Å². The molecule has 0 fully saturated rings. The first-order valence-electron chi connectivity index (χ1n) is 4.74. The van der Waals surface area contributed by atoms with Crippen LogP contribution >= 0.6 is 0 Å². The van der Waals surface area contributed by atoms with Crippen LogP contribution in [0.2, 0.25) is 0 Å². The van der Waals surface area contributed by atoms with Crippen LogP contribution in [0.25, 0.3) is 0 Å². The monoisotopic (exact) mass is 287 g/mol. The van der Waals surface area contributed by atoms with Gasteiger partial charge in [-0.3, -0.25) is 6.29 Å². The van der Waals surface area contributed by atoms with Gasteiger partial charge in [-0.2, -0.15) is 6.92 Å². The van der Waals surface area contributed by atoms with Crippen LogP contribution in [0.5, 0.6) is 0 Å². The van der Waals surface area contributed by atoms with Crippen LogP contribution in [0.4, 0.5) is 0 Å². The van der Waals surface area contributed by atoms with Crippen LogP contribution in [0.15, 0.2) is 0 Å². The van der Waals surface area contributed by atoms with E-state index >= 15 is 0 Å². The molecule has 0 aromatic carbocycles. The maximum atomic E-state index is 11.4. The van der Waals surface area contributed by atoms with Crippen molar-refractivity contribution in [2.75, 3.05) is 0 Å². The summed E-state index contributed by atoms with van der Waals surface area (Å²) in [6.45, 7) is 13.3. The topological polar surface area (TPSA) is 34.1 Å². The first kappa shape index (κ1) is 20.7. The van der Waals surface area contributed by atoms with Gasteiger partial charge in [-0.05, 0) is 5.41 Å². The summed E-state index contributed by atoms with van der Waals surface area (Å²) in [5.41, 5.74) is -0.225. The summed E-state index contributed by atoms with van der Waals surface area (Å²) in [6, 6.07) is 0. The van der Waals surface area contributed by atoms with E-state index in [1.807, 2.05) is 41.5 Å². The maximum Gasteiger partial charge on any atom is 0.00464 e. The van der Waals surface area contributed by atoms with Crippen molar-refractivity contribution in [3.8, 4) is 0 Å². The molecular weight excluding hydrogens is 265 g/mol. The van der Waals surface area contributed by atoms with Crippen LogP contribution in [-0.4, -0.2) is 12.1 Å². The Hall–Kier alpha value is 0.314. The van der Waals surface area contributed by atoms with E-state index < -0.39 is 0 Å². The number of ketones is 1. The molecule has 0 N–H and O–H groups in total. The zero-order chi connectivity index (χ0) is 12.0. The molecule has 0 aromatic heterocycles. The minimum atomic E-state index is -0.229. The van der Waals surface area contributed by atoms with E-state index in [0.717, 1.165) is 0 Å². The standard InChI is InChI=1S/C10H19O.C2H3O.Y/c1-9(2,3)7-8(11)10(4,5)6;1-2-3;/h7H,1-6H3;1H3;/q2*-1;. The van der Waals surface area contributed by atoms with Gasteiger partial charge in [0.1, 0.15) is 0 Å². The minimum absolute atomic E-state index is 0. The van der Waals surface area contributed by atoms with E-state index in [-0.39, 0.29) is 49.3 Å². The van der Waals surface area contributed by atoms with E-state index in [2.05, 4.69) is 0 Å². The van der Waals surface area contributed by atoms with Gasteiger partial charge in [0, 0.05) is 38.5 Å². The van der Waals surface area contributed by atoms with Crippen molar-refractivity contribution in [2.45, 2.75) is 48.5 Å². The molecule has 0 amide bonds. The molecular formula is C12H22O2Y-2. The van der Waals surface area contributed by atoms with Crippen molar-refractivity contribution in [1.82, 2.24) is 0 Å². The van der Waals surface area contributed by atoms with Gasteiger partial charge < -0.3 is 16.0 Å². The number of hydrogen-bond acceptors (Lipinski definition) is 2. The molecule has 0 saturated heterocycles. The molecule has 0 atom stereocenters. The van der Waals surface area contributed by atoms with Gasteiger partial charge in [0.15, 0.2) is 0 Å². The Bertz CT molecular complexity index is 185. The van der Waals surface area contributed by atoms with Crippen LogP contribution in [0.1, 0.15) is 48.5 Å². The average Bonchev–Trinajstić information content (AvgIpc) is 1.82. The van der Waals surface area contributed by atoms with Crippen molar-refractivity contribution in [2.24, 2.45) is 10.8 Å². The van der Waals surface area contributed by atoms with Crippen molar-refractivity contribution in [1.29, 1.82) is 0 Å². The zero-order valence-corrected chi connectivity index (χ0v) is 13.8. The molecule has 0 aromatic rings. The Balaban J connectivity index is -0.000000320. The summed E-state index contributed by atoms with van der Waals surface area (Å²) in [4.78, 5) is 20.1. The zero-order valence-electron chi connectivity index (χ0n) is 11.0. The van der Waals surface area contributed by atoms with Gasteiger partial charge in [-0.15, -0.1) is 5.41 Å². The Labute approximate surface area is 119 Å². The molecule has 0 aliphatic rings. The molecule has 0 unspecified atom stereocenters. The van der Waals surface area contributed by atoms with Gasteiger partial charge in [-0.25, -0.2) is 0 Å². The molecule has 2 nitrogen and oxygen atoms in total. The van der Waals surface area contributed by atoms with E-state index in [4.69, 9.17) is 4.79 Å². The first-order valence-corrected chi connectivity index (χ1v) is 4.74. The van der Waals surface area contributed by atoms with Gasteiger partial charge in [0.2, 0.25) is 0 Å². The Morgan fingerprint density at radius 2 is 1.33 bits per heavy atom. The fraction of sp³-hybridized carbons (Fsp3) is 0.750. The SMILES string of the molecule is CC(C)(C)[CH-]C(=O)C(C)(C)C.C[C-]=O.[Y]. The molecule has 87 valence electrons. The molecule has 0 heterocycles. The smallest absolute Gasteiger partial charge is 0.00464 e. The molecule has 0 bridgehead atoms. The second-order valence-corrected chi connectivity index (χ2v) is 5.33. The second kappa shape index (κ2) is 8.46. The molecule has 3 heteroatoms. The minimum Gasteiger partial charge on any atom is -0.542 e. The van der Waals surface area contributed by atoms with E-state index in [1.165, 1.54) is 13.2 Å². The number of rotatable bonds is 1. The van der Waals surface area contributed by atoms with Crippen LogP contribution in [-0.2, 0) is 42.3 Å².